The maximum Gasteiger partial charge on any atom is 0.222 e. The molecule has 0 heterocycles. The third-order valence-corrected chi connectivity index (χ3v) is 4.80. The number of carbonyl (C=O) groups is 3. The Hall–Kier alpha value is -1.71. The fourth-order valence-electron chi connectivity index (χ4n) is 2.94. The van der Waals surface area contributed by atoms with Gasteiger partial charge in [0.25, 0.3) is 0 Å². The summed E-state index contributed by atoms with van der Waals surface area (Å²) in [4.78, 5) is 35.9. The minimum Gasteiger partial charge on any atom is -0.379 e. The second kappa shape index (κ2) is 19.9. The third-order valence-electron chi connectivity index (χ3n) is 4.80. The maximum atomic E-state index is 12.6. The van der Waals surface area contributed by atoms with Crippen molar-refractivity contribution in [2.24, 2.45) is 0 Å². The second-order valence-electron chi connectivity index (χ2n) is 7.90. The van der Waals surface area contributed by atoms with E-state index in [0.717, 1.165) is 32.1 Å². The van der Waals surface area contributed by atoms with Crippen LogP contribution in [0.3, 0.4) is 0 Å². The Bertz CT molecular complexity index is 518. The van der Waals surface area contributed by atoms with Crippen LogP contribution in [0.4, 0.5) is 0 Å². The van der Waals surface area contributed by atoms with Gasteiger partial charge < -0.3 is 30.2 Å². The first-order valence-corrected chi connectivity index (χ1v) is 11.9. The lowest BCUT2D eigenvalue weighted by Crippen LogP contribution is -2.58. The molecule has 3 N–H and O–H groups in total. The van der Waals surface area contributed by atoms with E-state index in [9.17, 15) is 14.4 Å². The zero-order chi connectivity index (χ0) is 24.1. The van der Waals surface area contributed by atoms with Crippen LogP contribution >= 0.6 is 0 Å². The Kier molecular flexibility index (Phi) is 18.9. The standard InChI is InChI=1S/C23H45N3O6/c1-5-8-9-10-11-22(29)26-23(17-30-7-3,18-31-15-12-20(27)24-4)19-32-16-13-21(28)25-14-6-2/h5-19H2,1-4H3,(H,24,27)(H,25,28)(H,26,29). The van der Waals surface area contributed by atoms with E-state index in [4.69, 9.17) is 14.2 Å². The van der Waals surface area contributed by atoms with Crippen LogP contribution < -0.4 is 16.0 Å². The molecular weight excluding hydrogens is 414 g/mol. The Labute approximate surface area is 193 Å². The Morgan fingerprint density at radius 3 is 1.91 bits per heavy atom. The van der Waals surface area contributed by atoms with Gasteiger partial charge in [0, 0.05) is 39.5 Å². The summed E-state index contributed by atoms with van der Waals surface area (Å²) in [6.45, 7) is 8.08. The molecule has 0 aliphatic rings. The predicted molar refractivity (Wildman–Crippen MR) is 124 cm³/mol. The zero-order valence-corrected chi connectivity index (χ0v) is 20.6. The summed E-state index contributed by atoms with van der Waals surface area (Å²) in [6.07, 6.45) is 5.80. The van der Waals surface area contributed by atoms with E-state index < -0.39 is 5.54 Å². The number of rotatable bonds is 21. The quantitative estimate of drug-likeness (QED) is 0.226. The van der Waals surface area contributed by atoms with Crippen LogP contribution in [0, 0.1) is 0 Å². The minimum atomic E-state index is -0.888. The molecule has 9 heteroatoms. The van der Waals surface area contributed by atoms with Crippen molar-refractivity contribution in [2.45, 2.75) is 77.7 Å². The number of amides is 3. The fraction of sp³-hybridized carbons (Fsp3) is 0.870. The van der Waals surface area contributed by atoms with E-state index in [1.165, 1.54) is 0 Å². The molecule has 0 aliphatic heterocycles. The minimum absolute atomic E-state index is 0.0657. The third kappa shape index (κ3) is 16.0. The van der Waals surface area contributed by atoms with Gasteiger partial charge >= 0.3 is 0 Å². The number of hydrogen-bond donors (Lipinski definition) is 3. The molecule has 0 spiro atoms. The predicted octanol–water partition coefficient (Wildman–Crippen LogP) is 1.93. The van der Waals surface area contributed by atoms with Gasteiger partial charge in [-0.15, -0.1) is 0 Å². The van der Waals surface area contributed by atoms with Gasteiger partial charge in [-0.25, -0.2) is 0 Å². The van der Waals surface area contributed by atoms with Crippen LogP contribution in [-0.2, 0) is 28.6 Å². The summed E-state index contributed by atoms with van der Waals surface area (Å²) in [5.74, 6) is -0.265. The highest BCUT2D eigenvalue weighted by Gasteiger charge is 2.33. The SMILES string of the molecule is CCCCCCC(=O)NC(COCC)(COCCC(=O)NC)COCCC(=O)NCCC. The Morgan fingerprint density at radius 2 is 1.34 bits per heavy atom. The average Bonchev–Trinajstić information content (AvgIpc) is 2.79. The van der Waals surface area contributed by atoms with E-state index >= 15 is 0 Å². The van der Waals surface area contributed by atoms with Gasteiger partial charge in [0.05, 0.1) is 33.0 Å². The highest BCUT2D eigenvalue weighted by Crippen LogP contribution is 2.12. The van der Waals surface area contributed by atoms with Crippen molar-refractivity contribution in [3.8, 4) is 0 Å². The van der Waals surface area contributed by atoms with Crippen molar-refractivity contribution in [1.29, 1.82) is 0 Å². The number of unbranched alkanes of at least 4 members (excludes halogenated alkanes) is 3. The number of nitrogens with one attached hydrogen (secondary N) is 3. The molecule has 0 bridgehead atoms. The molecule has 1 unspecified atom stereocenters. The molecule has 0 rings (SSSR count). The van der Waals surface area contributed by atoms with Crippen molar-refractivity contribution < 1.29 is 28.6 Å². The summed E-state index contributed by atoms with van der Waals surface area (Å²) in [6, 6.07) is 0. The maximum absolute atomic E-state index is 12.6. The van der Waals surface area contributed by atoms with E-state index in [1.54, 1.807) is 7.05 Å². The van der Waals surface area contributed by atoms with Crippen LogP contribution in [-0.4, -0.2) is 76.5 Å². The van der Waals surface area contributed by atoms with E-state index in [-0.39, 0.29) is 63.6 Å². The van der Waals surface area contributed by atoms with Gasteiger partial charge in [0.15, 0.2) is 0 Å². The molecule has 0 aromatic carbocycles. The number of hydrogen-bond acceptors (Lipinski definition) is 6. The largest absolute Gasteiger partial charge is 0.379 e. The van der Waals surface area contributed by atoms with Gasteiger partial charge in [0.2, 0.25) is 17.7 Å². The van der Waals surface area contributed by atoms with Crippen molar-refractivity contribution in [1.82, 2.24) is 16.0 Å². The van der Waals surface area contributed by atoms with Gasteiger partial charge in [-0.1, -0.05) is 33.1 Å². The summed E-state index contributed by atoms with van der Waals surface area (Å²) in [5, 5.41) is 8.42. The lowest BCUT2D eigenvalue weighted by molar-refractivity contribution is -0.129. The first-order chi connectivity index (χ1) is 15.4. The smallest absolute Gasteiger partial charge is 0.222 e. The first-order valence-electron chi connectivity index (χ1n) is 11.9. The molecule has 0 aromatic heterocycles. The van der Waals surface area contributed by atoms with Crippen LogP contribution in [0.25, 0.3) is 0 Å². The van der Waals surface area contributed by atoms with Crippen LogP contribution in [0.2, 0.25) is 0 Å². The molecule has 1 atom stereocenters. The second-order valence-corrected chi connectivity index (χ2v) is 7.90. The monoisotopic (exact) mass is 459 g/mol. The van der Waals surface area contributed by atoms with Crippen molar-refractivity contribution in [3.05, 3.63) is 0 Å². The highest BCUT2D eigenvalue weighted by atomic mass is 16.5. The molecule has 3 amide bonds. The van der Waals surface area contributed by atoms with E-state index in [0.29, 0.717) is 19.6 Å². The normalized spacial score (nSPS) is 12.8. The summed E-state index contributed by atoms with van der Waals surface area (Å²) in [5.41, 5.74) is -0.888. The van der Waals surface area contributed by atoms with Gasteiger partial charge in [-0.2, -0.15) is 0 Å². The highest BCUT2D eigenvalue weighted by molar-refractivity contribution is 5.77. The summed E-state index contributed by atoms with van der Waals surface area (Å²) < 4.78 is 17.1. The van der Waals surface area contributed by atoms with Crippen LogP contribution in [0.1, 0.15) is 72.1 Å². The molecule has 9 nitrogen and oxygen atoms in total. The van der Waals surface area contributed by atoms with Crippen molar-refractivity contribution >= 4 is 17.7 Å². The molecule has 0 aromatic rings. The van der Waals surface area contributed by atoms with Crippen LogP contribution in [0.15, 0.2) is 0 Å². The van der Waals surface area contributed by atoms with Gasteiger partial charge in [0.1, 0.15) is 5.54 Å². The topological polar surface area (TPSA) is 115 Å². The Balaban J connectivity index is 4.95. The van der Waals surface area contributed by atoms with Crippen molar-refractivity contribution in [3.63, 3.8) is 0 Å². The molecule has 0 aliphatic carbocycles. The molecular formula is C23H45N3O6. The van der Waals surface area contributed by atoms with Gasteiger partial charge in [-0.05, 0) is 19.8 Å². The van der Waals surface area contributed by atoms with Crippen molar-refractivity contribution in [2.75, 3.05) is 53.2 Å². The molecule has 0 fully saturated rings. The van der Waals surface area contributed by atoms with Gasteiger partial charge in [-0.3, -0.25) is 14.4 Å². The van der Waals surface area contributed by atoms with E-state index in [2.05, 4.69) is 22.9 Å². The lowest BCUT2D eigenvalue weighted by Gasteiger charge is -2.34. The molecule has 188 valence electrons. The summed E-state index contributed by atoms with van der Waals surface area (Å²) >= 11 is 0. The first kappa shape index (κ1) is 30.3. The number of ether oxygens (including phenoxy) is 3. The van der Waals surface area contributed by atoms with E-state index in [1.807, 2.05) is 13.8 Å². The number of carbonyl (C=O) groups excluding carboxylic acids is 3. The average molecular weight is 460 g/mol. The molecule has 32 heavy (non-hydrogen) atoms. The summed E-state index contributed by atoms with van der Waals surface area (Å²) in [7, 11) is 1.57. The van der Waals surface area contributed by atoms with Crippen LogP contribution in [0.5, 0.6) is 0 Å². The fourth-order valence-corrected chi connectivity index (χ4v) is 2.94. The Morgan fingerprint density at radius 1 is 0.719 bits per heavy atom. The molecule has 0 saturated heterocycles. The zero-order valence-electron chi connectivity index (χ0n) is 20.6. The lowest BCUT2D eigenvalue weighted by atomic mass is 10.0. The molecule has 0 radical (unpaired) electrons. The molecule has 0 saturated carbocycles.